The quantitative estimate of drug-likeness (QED) is 0.789. The maximum Gasteiger partial charge on any atom is 0.303 e. The maximum absolute atomic E-state index is 10.6. The number of nitriles is 1. The summed E-state index contributed by atoms with van der Waals surface area (Å²) >= 11 is 1.35. The number of rotatable bonds is 7. The van der Waals surface area contributed by atoms with Gasteiger partial charge in [-0.25, -0.2) is 0 Å². The predicted molar refractivity (Wildman–Crippen MR) is 65.3 cm³/mol. The molecule has 0 fully saturated rings. The molecule has 1 aromatic rings. The lowest BCUT2D eigenvalue weighted by molar-refractivity contribution is -0.137. The molecule has 0 amide bonds. The van der Waals surface area contributed by atoms with Crippen molar-refractivity contribution in [1.82, 2.24) is 0 Å². The van der Waals surface area contributed by atoms with Crippen molar-refractivity contribution in [3.05, 3.63) is 22.4 Å². The Kier molecular flexibility index (Phi) is 4.86. The largest absolute Gasteiger partial charge is 0.481 e. The fourth-order valence-electron chi connectivity index (χ4n) is 1.73. The van der Waals surface area contributed by atoms with E-state index in [0.717, 1.165) is 4.88 Å². The SMILES string of the molecule is N#CC(CCC(=O)O)(CCC(=O)O)c1cccs1. The monoisotopic (exact) mass is 267 g/mol. The van der Waals surface area contributed by atoms with Crippen LogP contribution in [0.3, 0.4) is 0 Å². The highest BCUT2D eigenvalue weighted by Gasteiger charge is 2.34. The Labute approximate surface area is 108 Å². The first-order valence-corrected chi connectivity index (χ1v) is 6.27. The summed E-state index contributed by atoms with van der Waals surface area (Å²) in [6.45, 7) is 0. The van der Waals surface area contributed by atoms with Gasteiger partial charge in [-0.1, -0.05) is 6.07 Å². The lowest BCUT2D eigenvalue weighted by atomic mass is 9.79. The van der Waals surface area contributed by atoms with Gasteiger partial charge in [0.2, 0.25) is 0 Å². The number of thiophene rings is 1. The minimum Gasteiger partial charge on any atom is -0.481 e. The number of carboxylic acid groups (broad SMARTS) is 2. The van der Waals surface area contributed by atoms with E-state index in [1.165, 1.54) is 11.3 Å². The molecule has 1 heterocycles. The summed E-state index contributed by atoms with van der Waals surface area (Å²) in [7, 11) is 0. The van der Waals surface area contributed by atoms with Crippen molar-refractivity contribution in [2.24, 2.45) is 0 Å². The number of hydrogen-bond acceptors (Lipinski definition) is 4. The molecule has 0 unspecified atom stereocenters. The molecule has 0 atom stereocenters. The van der Waals surface area contributed by atoms with Crippen molar-refractivity contribution in [2.45, 2.75) is 31.1 Å². The summed E-state index contributed by atoms with van der Waals surface area (Å²) in [5.41, 5.74) is -1.01. The van der Waals surface area contributed by atoms with Crippen LogP contribution in [0.25, 0.3) is 0 Å². The Hall–Kier alpha value is -1.87. The average Bonchev–Trinajstić information content (AvgIpc) is 2.83. The van der Waals surface area contributed by atoms with Gasteiger partial charge in [-0.3, -0.25) is 9.59 Å². The Morgan fingerprint density at radius 3 is 2.17 bits per heavy atom. The van der Waals surface area contributed by atoms with Gasteiger partial charge in [-0.2, -0.15) is 5.26 Å². The molecule has 1 aromatic heterocycles. The minimum absolute atomic E-state index is 0.132. The lowest BCUT2D eigenvalue weighted by Gasteiger charge is -2.24. The number of hydrogen-bond donors (Lipinski definition) is 2. The number of nitrogens with zero attached hydrogens (tertiary/aromatic N) is 1. The van der Waals surface area contributed by atoms with E-state index in [-0.39, 0.29) is 25.7 Å². The zero-order chi connectivity index (χ0) is 13.6. The third-order valence-electron chi connectivity index (χ3n) is 2.74. The topological polar surface area (TPSA) is 98.4 Å². The van der Waals surface area contributed by atoms with Crippen LogP contribution in [0.5, 0.6) is 0 Å². The van der Waals surface area contributed by atoms with Gasteiger partial charge in [-0.05, 0) is 24.3 Å². The molecule has 18 heavy (non-hydrogen) atoms. The fraction of sp³-hybridized carbons (Fsp3) is 0.417. The molecule has 2 N–H and O–H groups in total. The van der Waals surface area contributed by atoms with Crippen LogP contribution in [-0.4, -0.2) is 22.2 Å². The Morgan fingerprint density at radius 2 is 1.83 bits per heavy atom. The molecule has 1 rings (SSSR count). The van der Waals surface area contributed by atoms with Crippen molar-refractivity contribution in [2.75, 3.05) is 0 Å². The first-order chi connectivity index (χ1) is 8.50. The molecule has 5 nitrogen and oxygen atoms in total. The van der Waals surface area contributed by atoms with E-state index >= 15 is 0 Å². The smallest absolute Gasteiger partial charge is 0.303 e. The lowest BCUT2D eigenvalue weighted by Crippen LogP contribution is -2.25. The van der Waals surface area contributed by atoms with E-state index in [0.29, 0.717) is 0 Å². The summed E-state index contributed by atoms with van der Waals surface area (Å²) < 4.78 is 0. The standard InChI is InChI=1S/C12H13NO4S/c13-8-12(5-3-10(14)15,6-4-11(16)17)9-2-1-7-18-9/h1-2,7H,3-6H2,(H,14,15)(H,16,17). The van der Waals surface area contributed by atoms with Crippen LogP contribution in [0.1, 0.15) is 30.6 Å². The molecule has 0 aliphatic rings. The van der Waals surface area contributed by atoms with Crippen molar-refractivity contribution in [3.8, 4) is 6.07 Å². The van der Waals surface area contributed by atoms with Gasteiger partial charge in [0, 0.05) is 17.7 Å². The maximum atomic E-state index is 10.6. The first-order valence-electron chi connectivity index (χ1n) is 5.39. The molecular formula is C12H13NO4S. The van der Waals surface area contributed by atoms with Crippen LogP contribution in [0.15, 0.2) is 17.5 Å². The van der Waals surface area contributed by atoms with Crippen LogP contribution in [0.2, 0.25) is 0 Å². The van der Waals surface area contributed by atoms with E-state index in [2.05, 4.69) is 6.07 Å². The van der Waals surface area contributed by atoms with Crippen molar-refractivity contribution >= 4 is 23.3 Å². The van der Waals surface area contributed by atoms with E-state index in [1.807, 2.05) is 0 Å². The second kappa shape index (κ2) is 6.17. The molecule has 0 spiro atoms. The number of aliphatic carboxylic acids is 2. The summed E-state index contributed by atoms with van der Waals surface area (Å²) in [6, 6.07) is 5.63. The Morgan fingerprint density at radius 1 is 1.28 bits per heavy atom. The van der Waals surface area contributed by atoms with Gasteiger partial charge < -0.3 is 10.2 Å². The van der Waals surface area contributed by atoms with E-state index in [9.17, 15) is 14.9 Å². The van der Waals surface area contributed by atoms with Crippen molar-refractivity contribution < 1.29 is 19.8 Å². The second-order valence-corrected chi connectivity index (χ2v) is 4.91. The van der Waals surface area contributed by atoms with Gasteiger partial charge >= 0.3 is 11.9 Å². The molecule has 0 aromatic carbocycles. The summed E-state index contributed by atoms with van der Waals surface area (Å²) in [6.07, 6.45) is -0.0323. The molecule has 6 heteroatoms. The van der Waals surface area contributed by atoms with Crippen molar-refractivity contribution in [3.63, 3.8) is 0 Å². The first kappa shape index (κ1) is 14.2. The zero-order valence-corrected chi connectivity index (χ0v) is 10.4. The molecule has 0 aliphatic carbocycles. The third-order valence-corrected chi connectivity index (χ3v) is 3.81. The zero-order valence-electron chi connectivity index (χ0n) is 9.63. The van der Waals surface area contributed by atoms with Gasteiger partial charge in [0.15, 0.2) is 0 Å². The molecular weight excluding hydrogens is 254 g/mol. The van der Waals surface area contributed by atoms with Gasteiger partial charge in [0.1, 0.15) is 0 Å². The van der Waals surface area contributed by atoms with Crippen LogP contribution in [0, 0.1) is 11.3 Å². The highest BCUT2D eigenvalue weighted by atomic mass is 32.1. The molecule has 96 valence electrons. The normalized spacial score (nSPS) is 10.8. The predicted octanol–water partition coefficient (Wildman–Crippen LogP) is 2.24. The molecule has 0 bridgehead atoms. The molecule has 0 aliphatic heterocycles. The summed E-state index contributed by atoms with van der Waals surface area (Å²) in [5.74, 6) is -1.97. The number of carboxylic acids is 2. The Bertz CT molecular complexity index is 443. The number of carbonyl (C=O) groups is 2. The highest BCUT2D eigenvalue weighted by Crippen LogP contribution is 2.36. The fourth-order valence-corrected chi connectivity index (χ4v) is 2.67. The van der Waals surface area contributed by atoms with E-state index in [1.54, 1.807) is 17.5 Å². The van der Waals surface area contributed by atoms with Crippen LogP contribution in [-0.2, 0) is 15.0 Å². The molecule has 0 saturated carbocycles. The van der Waals surface area contributed by atoms with Crippen LogP contribution >= 0.6 is 11.3 Å². The van der Waals surface area contributed by atoms with Gasteiger partial charge in [0.05, 0.1) is 11.5 Å². The molecule has 0 radical (unpaired) electrons. The van der Waals surface area contributed by atoms with E-state index < -0.39 is 17.4 Å². The van der Waals surface area contributed by atoms with Crippen LogP contribution in [0.4, 0.5) is 0 Å². The summed E-state index contributed by atoms with van der Waals surface area (Å²) in [4.78, 5) is 22.0. The molecule has 0 saturated heterocycles. The van der Waals surface area contributed by atoms with E-state index in [4.69, 9.17) is 10.2 Å². The van der Waals surface area contributed by atoms with Crippen LogP contribution < -0.4 is 0 Å². The average molecular weight is 267 g/mol. The van der Waals surface area contributed by atoms with Crippen molar-refractivity contribution in [1.29, 1.82) is 5.26 Å². The minimum atomic E-state index is -1.01. The second-order valence-electron chi connectivity index (χ2n) is 3.96. The highest BCUT2D eigenvalue weighted by molar-refractivity contribution is 7.10. The van der Waals surface area contributed by atoms with Gasteiger partial charge in [-0.15, -0.1) is 11.3 Å². The Balaban J connectivity index is 2.94. The third kappa shape index (κ3) is 3.57. The summed E-state index contributed by atoms with van der Waals surface area (Å²) in [5, 5.41) is 28.6. The van der Waals surface area contributed by atoms with Gasteiger partial charge in [0.25, 0.3) is 0 Å².